The Morgan fingerprint density at radius 2 is 1.82 bits per heavy atom. The molecular weight excluding hydrogens is 376 g/mol. The van der Waals surface area contributed by atoms with E-state index in [4.69, 9.17) is 9.47 Å². The predicted molar refractivity (Wildman–Crippen MR) is 104 cm³/mol. The van der Waals surface area contributed by atoms with Gasteiger partial charge in [-0.25, -0.2) is 8.42 Å². The molecule has 1 heterocycles. The van der Waals surface area contributed by atoms with Crippen LogP contribution >= 0.6 is 0 Å². The van der Waals surface area contributed by atoms with Crippen molar-refractivity contribution < 1.29 is 17.9 Å². The van der Waals surface area contributed by atoms with Crippen molar-refractivity contribution in [1.82, 2.24) is 4.31 Å². The zero-order chi connectivity index (χ0) is 19.6. The standard InChI is InChI=1S/C21H22N2O4S/c22-12-17-5-1-2-6-18(17)14-28(24,25)23(19-7-3-4-8-19)13-16-9-10-20-21(11-16)27-15-26-20/h1-2,5-6,9-11,19H,3-4,7-8,13-15H2. The monoisotopic (exact) mass is 398 g/mol. The van der Waals surface area contributed by atoms with Crippen molar-refractivity contribution in [3.8, 4) is 17.6 Å². The van der Waals surface area contributed by atoms with E-state index in [1.165, 1.54) is 0 Å². The summed E-state index contributed by atoms with van der Waals surface area (Å²) in [6.07, 6.45) is 3.80. The van der Waals surface area contributed by atoms with Crippen LogP contribution in [0.4, 0.5) is 0 Å². The number of ether oxygens (including phenoxy) is 2. The van der Waals surface area contributed by atoms with E-state index in [9.17, 15) is 13.7 Å². The molecular formula is C21H22N2O4S. The fraction of sp³-hybridized carbons (Fsp3) is 0.381. The van der Waals surface area contributed by atoms with Crippen LogP contribution < -0.4 is 9.47 Å². The fourth-order valence-electron chi connectivity index (χ4n) is 3.90. The second-order valence-electron chi connectivity index (χ2n) is 7.20. The van der Waals surface area contributed by atoms with Gasteiger partial charge in [-0.3, -0.25) is 0 Å². The lowest BCUT2D eigenvalue weighted by atomic mass is 10.1. The Labute approximate surface area is 165 Å². The van der Waals surface area contributed by atoms with Gasteiger partial charge in [-0.05, 0) is 42.2 Å². The van der Waals surface area contributed by atoms with E-state index in [0.29, 0.717) is 29.2 Å². The first-order valence-corrected chi connectivity index (χ1v) is 11.0. The molecule has 4 rings (SSSR count). The fourth-order valence-corrected chi connectivity index (χ4v) is 5.72. The van der Waals surface area contributed by atoms with E-state index < -0.39 is 10.0 Å². The quantitative estimate of drug-likeness (QED) is 0.743. The van der Waals surface area contributed by atoms with Crippen LogP contribution in [0, 0.1) is 11.3 Å². The number of fused-ring (bicyclic) bond motifs is 1. The average Bonchev–Trinajstić information content (AvgIpc) is 3.37. The summed E-state index contributed by atoms with van der Waals surface area (Å²) in [6.45, 7) is 0.479. The van der Waals surface area contributed by atoms with Gasteiger partial charge in [0.15, 0.2) is 11.5 Å². The molecule has 1 fully saturated rings. The molecule has 0 spiro atoms. The average molecular weight is 398 g/mol. The van der Waals surface area contributed by atoms with Crippen LogP contribution in [0.3, 0.4) is 0 Å². The van der Waals surface area contributed by atoms with E-state index >= 15 is 0 Å². The van der Waals surface area contributed by atoms with E-state index in [1.54, 1.807) is 28.6 Å². The molecule has 0 saturated heterocycles. The number of hydrogen-bond donors (Lipinski definition) is 0. The van der Waals surface area contributed by atoms with Crippen molar-refractivity contribution in [2.75, 3.05) is 6.79 Å². The van der Waals surface area contributed by atoms with Gasteiger partial charge >= 0.3 is 0 Å². The lowest BCUT2D eigenvalue weighted by Gasteiger charge is -2.28. The van der Waals surface area contributed by atoms with Crippen LogP contribution in [0.5, 0.6) is 11.5 Å². The highest BCUT2D eigenvalue weighted by Gasteiger charge is 2.33. The van der Waals surface area contributed by atoms with Gasteiger partial charge in [-0.1, -0.05) is 37.1 Å². The summed E-state index contributed by atoms with van der Waals surface area (Å²) in [4.78, 5) is 0. The van der Waals surface area contributed by atoms with Gasteiger partial charge in [0.1, 0.15) is 0 Å². The first-order chi connectivity index (χ1) is 13.6. The first-order valence-electron chi connectivity index (χ1n) is 9.43. The van der Waals surface area contributed by atoms with Crippen LogP contribution in [0.15, 0.2) is 42.5 Å². The van der Waals surface area contributed by atoms with Gasteiger partial charge in [0.05, 0.1) is 17.4 Å². The highest BCUT2D eigenvalue weighted by Crippen LogP contribution is 2.34. The van der Waals surface area contributed by atoms with Crippen molar-refractivity contribution in [3.05, 3.63) is 59.2 Å². The van der Waals surface area contributed by atoms with Gasteiger partial charge in [-0.2, -0.15) is 9.57 Å². The van der Waals surface area contributed by atoms with Crippen molar-refractivity contribution in [2.24, 2.45) is 0 Å². The molecule has 7 heteroatoms. The molecule has 1 aliphatic heterocycles. The molecule has 2 aromatic rings. The Morgan fingerprint density at radius 3 is 2.61 bits per heavy atom. The van der Waals surface area contributed by atoms with Crippen LogP contribution in [-0.2, 0) is 22.3 Å². The molecule has 28 heavy (non-hydrogen) atoms. The molecule has 0 radical (unpaired) electrons. The molecule has 0 unspecified atom stereocenters. The smallest absolute Gasteiger partial charge is 0.231 e. The lowest BCUT2D eigenvalue weighted by molar-refractivity contribution is 0.174. The Bertz CT molecular complexity index is 1010. The Morgan fingerprint density at radius 1 is 1.07 bits per heavy atom. The molecule has 2 aromatic carbocycles. The lowest BCUT2D eigenvalue weighted by Crippen LogP contribution is -2.39. The van der Waals surface area contributed by atoms with E-state index in [-0.39, 0.29) is 18.6 Å². The summed E-state index contributed by atoms with van der Waals surface area (Å²) in [7, 11) is -3.59. The number of nitriles is 1. The van der Waals surface area contributed by atoms with Crippen LogP contribution in [0.2, 0.25) is 0 Å². The second-order valence-corrected chi connectivity index (χ2v) is 9.12. The van der Waals surface area contributed by atoms with Crippen molar-refractivity contribution in [2.45, 2.75) is 44.0 Å². The van der Waals surface area contributed by atoms with Gasteiger partial charge in [0.2, 0.25) is 16.8 Å². The minimum atomic E-state index is -3.59. The zero-order valence-electron chi connectivity index (χ0n) is 15.5. The molecule has 1 aliphatic carbocycles. The maximum absolute atomic E-state index is 13.4. The summed E-state index contributed by atoms with van der Waals surface area (Å²) in [5.74, 6) is 1.16. The van der Waals surface area contributed by atoms with Gasteiger partial charge in [0, 0.05) is 12.6 Å². The van der Waals surface area contributed by atoms with Crippen LogP contribution in [0.1, 0.15) is 42.4 Å². The molecule has 0 N–H and O–H groups in total. The van der Waals surface area contributed by atoms with Gasteiger partial charge in [0.25, 0.3) is 0 Å². The molecule has 1 saturated carbocycles. The number of benzene rings is 2. The molecule has 6 nitrogen and oxygen atoms in total. The Kier molecular flexibility index (Phi) is 5.25. The number of hydrogen-bond acceptors (Lipinski definition) is 5. The van der Waals surface area contributed by atoms with Gasteiger partial charge in [-0.15, -0.1) is 0 Å². The summed E-state index contributed by atoms with van der Waals surface area (Å²) < 4.78 is 39.1. The van der Waals surface area contributed by atoms with Crippen molar-refractivity contribution in [1.29, 1.82) is 5.26 Å². The number of sulfonamides is 1. The first kappa shape index (κ1) is 18.8. The van der Waals surface area contributed by atoms with Crippen LogP contribution in [0.25, 0.3) is 0 Å². The molecule has 0 amide bonds. The summed E-state index contributed by atoms with van der Waals surface area (Å²) in [5.41, 5.74) is 1.81. The molecule has 0 atom stereocenters. The summed E-state index contributed by atoms with van der Waals surface area (Å²) >= 11 is 0. The van der Waals surface area contributed by atoms with E-state index in [0.717, 1.165) is 31.2 Å². The third-order valence-corrected chi connectivity index (χ3v) is 7.16. The van der Waals surface area contributed by atoms with Gasteiger partial charge < -0.3 is 9.47 Å². The highest BCUT2D eigenvalue weighted by molar-refractivity contribution is 7.88. The minimum absolute atomic E-state index is 0.00956. The third-order valence-electron chi connectivity index (χ3n) is 5.34. The van der Waals surface area contributed by atoms with Crippen molar-refractivity contribution >= 4 is 10.0 Å². The molecule has 2 aliphatic rings. The second kappa shape index (κ2) is 7.82. The van der Waals surface area contributed by atoms with E-state index in [2.05, 4.69) is 6.07 Å². The summed E-state index contributed by atoms with van der Waals surface area (Å²) in [5, 5.41) is 9.31. The normalized spacial score (nSPS) is 16.4. The zero-order valence-corrected chi connectivity index (χ0v) is 16.3. The Hall–Kier alpha value is -2.56. The maximum Gasteiger partial charge on any atom is 0.231 e. The molecule has 146 valence electrons. The van der Waals surface area contributed by atoms with E-state index in [1.807, 2.05) is 18.2 Å². The molecule has 0 bridgehead atoms. The predicted octanol–water partition coefficient (Wildman–Crippen LogP) is 3.56. The van der Waals surface area contributed by atoms with Crippen LogP contribution in [-0.4, -0.2) is 25.6 Å². The SMILES string of the molecule is N#Cc1ccccc1CS(=O)(=O)N(Cc1ccc2c(c1)OCO2)C1CCCC1. The molecule has 0 aromatic heterocycles. The number of nitrogens with zero attached hydrogens (tertiary/aromatic N) is 2. The summed E-state index contributed by atoms with van der Waals surface area (Å²) in [6, 6.07) is 14.5. The maximum atomic E-state index is 13.4. The highest BCUT2D eigenvalue weighted by atomic mass is 32.2. The number of rotatable bonds is 6. The Balaban J connectivity index is 1.63. The topological polar surface area (TPSA) is 79.6 Å². The third kappa shape index (κ3) is 3.84. The minimum Gasteiger partial charge on any atom is -0.454 e. The largest absolute Gasteiger partial charge is 0.454 e. The van der Waals surface area contributed by atoms with Crippen molar-refractivity contribution in [3.63, 3.8) is 0 Å².